The maximum Gasteiger partial charge on any atom is -0.0318 e. The second-order valence-electron chi connectivity index (χ2n) is 5.62. The first-order valence-corrected chi connectivity index (χ1v) is 8.49. The van der Waals surface area contributed by atoms with Gasteiger partial charge in [0.15, 0.2) is 0 Å². The lowest BCUT2D eigenvalue weighted by Gasteiger charge is -2.15. The Hall–Kier alpha value is -0.300. The number of rotatable bonds is 12. The molecule has 0 fully saturated rings. The van der Waals surface area contributed by atoms with Gasteiger partial charge in [-0.1, -0.05) is 64.5 Å². The van der Waals surface area contributed by atoms with Crippen molar-refractivity contribution in [2.45, 2.75) is 105 Å². The molecule has 0 saturated carbocycles. The summed E-state index contributed by atoms with van der Waals surface area (Å²) >= 11 is 0. The monoisotopic (exact) mass is 269 g/mol. The minimum Gasteiger partial charge on any atom is -0.344 e. The van der Waals surface area contributed by atoms with Crippen LogP contribution >= 0.6 is 0 Å². The average Bonchev–Trinajstić information content (AvgIpc) is 2.40. The van der Waals surface area contributed by atoms with Gasteiger partial charge in [0, 0.05) is 0 Å². The zero-order valence-corrected chi connectivity index (χ0v) is 14.2. The van der Waals surface area contributed by atoms with Crippen LogP contribution in [-0.4, -0.2) is 0 Å². The highest BCUT2D eigenvalue weighted by molar-refractivity contribution is 5.14. The van der Waals surface area contributed by atoms with Crippen molar-refractivity contribution < 1.29 is 0 Å². The van der Waals surface area contributed by atoms with E-state index >= 15 is 0 Å². The number of unbranched alkanes of at least 4 members (excludes halogenated alkanes) is 4. The van der Waals surface area contributed by atoms with Crippen LogP contribution in [0, 0.1) is 0 Å². The van der Waals surface area contributed by atoms with Gasteiger partial charge in [-0.25, -0.2) is 0 Å². The summed E-state index contributed by atoms with van der Waals surface area (Å²) in [6.07, 6.45) is 16.4. The molecule has 0 rings (SSSR count). The fourth-order valence-corrected chi connectivity index (χ4v) is 2.52. The summed E-state index contributed by atoms with van der Waals surface area (Å²) < 4.78 is 0. The van der Waals surface area contributed by atoms with E-state index in [-0.39, 0.29) is 6.15 Å². The molecule has 0 aromatic carbocycles. The lowest BCUT2D eigenvalue weighted by molar-refractivity contribution is 0.654. The maximum atomic E-state index is 2.31. The fraction of sp³-hybridized carbons (Fsp3) is 0.889. The Morgan fingerprint density at radius 2 is 0.684 bits per heavy atom. The molecular formula is C18H39N. The van der Waals surface area contributed by atoms with Gasteiger partial charge < -0.3 is 6.15 Å². The van der Waals surface area contributed by atoms with Gasteiger partial charge in [0.1, 0.15) is 0 Å². The van der Waals surface area contributed by atoms with Crippen LogP contribution in [0.5, 0.6) is 0 Å². The van der Waals surface area contributed by atoms with Crippen LogP contribution in [0.3, 0.4) is 0 Å². The third-order valence-electron chi connectivity index (χ3n) is 3.83. The third-order valence-corrected chi connectivity index (χ3v) is 3.83. The number of hydrogen-bond donors (Lipinski definition) is 1. The Kier molecular flexibility index (Phi) is 17.4. The SMILES string of the molecule is CCCCC(CCCC)=C(CCCC)CCCC.N. The summed E-state index contributed by atoms with van der Waals surface area (Å²) in [7, 11) is 0. The molecule has 0 aliphatic heterocycles. The molecule has 0 unspecified atom stereocenters. The van der Waals surface area contributed by atoms with E-state index in [1.807, 2.05) is 11.1 Å². The van der Waals surface area contributed by atoms with E-state index in [0.717, 1.165) is 0 Å². The largest absolute Gasteiger partial charge is 0.344 e. The molecule has 3 N–H and O–H groups in total. The summed E-state index contributed by atoms with van der Waals surface area (Å²) in [5.41, 5.74) is 3.67. The molecule has 0 aromatic rings. The van der Waals surface area contributed by atoms with E-state index in [9.17, 15) is 0 Å². The van der Waals surface area contributed by atoms with Crippen LogP contribution in [0.1, 0.15) is 105 Å². The van der Waals surface area contributed by atoms with Crippen molar-refractivity contribution in [3.05, 3.63) is 11.1 Å². The van der Waals surface area contributed by atoms with Gasteiger partial charge in [0.2, 0.25) is 0 Å². The molecule has 0 atom stereocenters. The molecule has 0 amide bonds. The first-order chi connectivity index (χ1) is 8.79. The molecule has 0 radical (unpaired) electrons. The molecule has 0 aliphatic rings. The van der Waals surface area contributed by atoms with Gasteiger partial charge in [0.25, 0.3) is 0 Å². The van der Waals surface area contributed by atoms with Gasteiger partial charge in [-0.2, -0.15) is 0 Å². The lowest BCUT2D eigenvalue weighted by Crippen LogP contribution is -1.95. The zero-order chi connectivity index (χ0) is 13.6. The highest BCUT2D eigenvalue weighted by Gasteiger charge is 2.06. The van der Waals surface area contributed by atoms with Crippen LogP contribution in [-0.2, 0) is 0 Å². The van der Waals surface area contributed by atoms with Crippen molar-refractivity contribution >= 4 is 0 Å². The summed E-state index contributed by atoms with van der Waals surface area (Å²) in [4.78, 5) is 0. The predicted molar refractivity (Wildman–Crippen MR) is 90.1 cm³/mol. The second kappa shape index (κ2) is 15.8. The number of hydrogen-bond acceptors (Lipinski definition) is 1. The van der Waals surface area contributed by atoms with Gasteiger partial charge in [-0.15, -0.1) is 0 Å². The third kappa shape index (κ3) is 11.2. The Labute approximate surface area is 122 Å². The van der Waals surface area contributed by atoms with Crippen LogP contribution in [0.2, 0.25) is 0 Å². The molecule has 0 saturated heterocycles. The van der Waals surface area contributed by atoms with E-state index in [0.29, 0.717) is 0 Å². The number of allylic oxidation sites excluding steroid dienone is 2. The highest BCUT2D eigenvalue weighted by Crippen LogP contribution is 2.26. The Morgan fingerprint density at radius 1 is 0.474 bits per heavy atom. The Morgan fingerprint density at radius 3 is 0.842 bits per heavy atom. The van der Waals surface area contributed by atoms with Crippen LogP contribution in [0.25, 0.3) is 0 Å². The first kappa shape index (κ1) is 21.0. The van der Waals surface area contributed by atoms with Gasteiger partial charge >= 0.3 is 0 Å². The van der Waals surface area contributed by atoms with Crippen molar-refractivity contribution in [1.29, 1.82) is 0 Å². The molecule has 1 nitrogen and oxygen atoms in total. The quantitative estimate of drug-likeness (QED) is 0.373. The highest BCUT2D eigenvalue weighted by atomic mass is 14.1. The fourth-order valence-electron chi connectivity index (χ4n) is 2.52. The molecule has 0 spiro atoms. The van der Waals surface area contributed by atoms with E-state index < -0.39 is 0 Å². The van der Waals surface area contributed by atoms with Crippen molar-refractivity contribution in [3.8, 4) is 0 Å². The lowest BCUT2D eigenvalue weighted by atomic mass is 9.91. The van der Waals surface area contributed by atoms with E-state index in [1.54, 1.807) is 0 Å². The van der Waals surface area contributed by atoms with Gasteiger partial charge in [0.05, 0.1) is 0 Å². The van der Waals surface area contributed by atoms with E-state index in [2.05, 4.69) is 27.7 Å². The van der Waals surface area contributed by atoms with Crippen molar-refractivity contribution in [1.82, 2.24) is 6.15 Å². The summed E-state index contributed by atoms with van der Waals surface area (Å²) in [5, 5.41) is 0. The Balaban J connectivity index is 0. The molecule has 1 heteroatoms. The zero-order valence-electron chi connectivity index (χ0n) is 14.2. The standard InChI is InChI=1S/C18H36.H3N/c1-5-9-13-17(14-10-6-2)18(15-11-7-3)16-12-8-4;/h5-16H2,1-4H3;1H3. The maximum absolute atomic E-state index is 2.31. The minimum atomic E-state index is 0. The minimum absolute atomic E-state index is 0. The van der Waals surface area contributed by atoms with E-state index in [1.165, 1.54) is 77.0 Å². The summed E-state index contributed by atoms with van der Waals surface area (Å²) in [6, 6.07) is 0. The van der Waals surface area contributed by atoms with Gasteiger partial charge in [-0.05, 0) is 51.4 Å². The van der Waals surface area contributed by atoms with Crippen LogP contribution < -0.4 is 6.15 Å². The van der Waals surface area contributed by atoms with Crippen molar-refractivity contribution in [2.75, 3.05) is 0 Å². The molecule has 0 aliphatic carbocycles. The molecule has 0 bridgehead atoms. The first-order valence-electron chi connectivity index (χ1n) is 8.49. The molecule has 19 heavy (non-hydrogen) atoms. The predicted octanol–water partition coefficient (Wildman–Crippen LogP) is 7.21. The average molecular weight is 270 g/mol. The smallest absolute Gasteiger partial charge is 0.0318 e. The molecule has 116 valence electrons. The van der Waals surface area contributed by atoms with E-state index in [4.69, 9.17) is 0 Å². The van der Waals surface area contributed by atoms with Crippen LogP contribution in [0.4, 0.5) is 0 Å². The normalized spacial score (nSPS) is 10.1. The Bertz CT molecular complexity index is 164. The molecule has 0 heterocycles. The second-order valence-corrected chi connectivity index (χ2v) is 5.62. The van der Waals surface area contributed by atoms with Crippen LogP contribution in [0.15, 0.2) is 11.1 Å². The topological polar surface area (TPSA) is 35.0 Å². The van der Waals surface area contributed by atoms with Gasteiger partial charge in [-0.3, -0.25) is 0 Å². The summed E-state index contributed by atoms with van der Waals surface area (Å²) in [6.45, 7) is 9.26. The van der Waals surface area contributed by atoms with Crippen molar-refractivity contribution in [2.24, 2.45) is 0 Å². The molecular weight excluding hydrogens is 230 g/mol. The molecule has 0 aromatic heterocycles. The van der Waals surface area contributed by atoms with Crippen molar-refractivity contribution in [3.63, 3.8) is 0 Å². The summed E-state index contributed by atoms with van der Waals surface area (Å²) in [5.74, 6) is 0.